The lowest BCUT2D eigenvalue weighted by atomic mass is 10.1. The Morgan fingerprint density at radius 3 is 2.04 bits per heavy atom. The van der Waals surface area contributed by atoms with Gasteiger partial charge in [-0.3, -0.25) is 14.5 Å². The average Bonchev–Trinajstić information content (AvgIpc) is 2.99. The summed E-state index contributed by atoms with van der Waals surface area (Å²) in [5, 5.41) is 2.91. The molecule has 3 rings (SSSR count). The van der Waals surface area contributed by atoms with Crippen LogP contribution in [0.1, 0.15) is 35.6 Å². The summed E-state index contributed by atoms with van der Waals surface area (Å²) >= 11 is 0. The van der Waals surface area contributed by atoms with Crippen molar-refractivity contribution in [2.24, 2.45) is 0 Å². The third-order valence-corrected chi connectivity index (χ3v) is 5.12. The predicted molar refractivity (Wildman–Crippen MR) is 111 cm³/mol. The minimum Gasteiger partial charge on any atom is -0.353 e. The lowest BCUT2D eigenvalue weighted by molar-refractivity contribution is -0.123. The first-order valence-electron chi connectivity index (χ1n) is 9.91. The molecule has 0 unspecified atom stereocenters. The van der Waals surface area contributed by atoms with Crippen molar-refractivity contribution in [3.8, 4) is 5.69 Å². The van der Waals surface area contributed by atoms with E-state index in [1.54, 1.807) is 0 Å². The Balaban J connectivity index is 1.57. The summed E-state index contributed by atoms with van der Waals surface area (Å²) in [5.74, 6) is 0.0970. The van der Waals surface area contributed by atoms with E-state index in [0.29, 0.717) is 25.2 Å². The predicted octanol–water partition coefficient (Wildman–Crippen LogP) is 2.38. The number of nitrogens with one attached hydrogen (secondary N) is 1. The first-order valence-corrected chi connectivity index (χ1v) is 9.91. The van der Waals surface area contributed by atoms with Crippen molar-refractivity contribution < 1.29 is 9.59 Å². The highest BCUT2D eigenvalue weighted by Crippen LogP contribution is 2.18. The van der Waals surface area contributed by atoms with Crippen LogP contribution in [0.15, 0.2) is 36.4 Å². The third kappa shape index (κ3) is 4.62. The van der Waals surface area contributed by atoms with Crippen LogP contribution in [0.3, 0.4) is 0 Å². The van der Waals surface area contributed by atoms with Crippen molar-refractivity contribution >= 4 is 11.8 Å². The summed E-state index contributed by atoms with van der Waals surface area (Å²) in [6.07, 6.45) is 0. The summed E-state index contributed by atoms with van der Waals surface area (Å²) in [5.41, 5.74) is 4.12. The minimum atomic E-state index is 0.0426. The molecule has 0 saturated carbocycles. The van der Waals surface area contributed by atoms with Crippen LogP contribution >= 0.6 is 0 Å². The quantitative estimate of drug-likeness (QED) is 0.864. The number of aryl methyl sites for hydroxylation is 2. The van der Waals surface area contributed by atoms with Crippen LogP contribution in [-0.2, 0) is 4.79 Å². The molecule has 6 heteroatoms. The van der Waals surface area contributed by atoms with Crippen molar-refractivity contribution in [2.45, 2.75) is 33.7 Å². The van der Waals surface area contributed by atoms with Crippen molar-refractivity contribution in [1.29, 1.82) is 0 Å². The molecule has 1 aromatic carbocycles. The van der Waals surface area contributed by atoms with Crippen LogP contribution in [-0.4, -0.2) is 64.9 Å². The van der Waals surface area contributed by atoms with Crippen molar-refractivity contribution in [3.63, 3.8) is 0 Å². The molecule has 1 aliphatic rings. The number of aromatic nitrogens is 1. The highest BCUT2D eigenvalue weighted by Gasteiger charge is 2.23. The van der Waals surface area contributed by atoms with Gasteiger partial charge in [-0.1, -0.05) is 0 Å². The Labute approximate surface area is 167 Å². The lowest BCUT2D eigenvalue weighted by Gasteiger charge is -2.34. The molecule has 1 aromatic heterocycles. The molecule has 0 aliphatic carbocycles. The number of carbonyl (C=O) groups is 2. The third-order valence-electron chi connectivity index (χ3n) is 5.12. The molecule has 28 heavy (non-hydrogen) atoms. The minimum absolute atomic E-state index is 0.0426. The van der Waals surface area contributed by atoms with Crippen LogP contribution < -0.4 is 5.32 Å². The average molecular weight is 383 g/mol. The standard InChI is InChI=1S/C22H30N4O2/c1-16(2)23-21(27)15-24-11-13-25(14-12-24)22(28)19-7-9-20(10-8-19)26-17(3)5-6-18(26)4/h5-10,16H,11-15H2,1-4H3,(H,23,27). The Morgan fingerprint density at radius 2 is 1.50 bits per heavy atom. The van der Waals surface area contributed by atoms with E-state index in [4.69, 9.17) is 0 Å². The maximum Gasteiger partial charge on any atom is 0.253 e. The number of carbonyl (C=O) groups excluding carboxylic acids is 2. The second-order valence-electron chi connectivity index (χ2n) is 7.79. The van der Waals surface area contributed by atoms with Gasteiger partial charge in [0.05, 0.1) is 6.54 Å². The van der Waals surface area contributed by atoms with E-state index in [1.165, 1.54) is 11.4 Å². The molecule has 1 N–H and O–H groups in total. The van der Waals surface area contributed by atoms with Gasteiger partial charge in [0.2, 0.25) is 5.91 Å². The number of hydrogen-bond acceptors (Lipinski definition) is 3. The molecule has 1 fully saturated rings. The molecule has 6 nitrogen and oxygen atoms in total. The van der Waals surface area contributed by atoms with E-state index in [1.807, 2.05) is 43.0 Å². The molecular formula is C22H30N4O2. The molecule has 0 spiro atoms. The smallest absolute Gasteiger partial charge is 0.253 e. The first-order chi connectivity index (χ1) is 13.3. The largest absolute Gasteiger partial charge is 0.353 e. The maximum absolute atomic E-state index is 12.8. The summed E-state index contributed by atoms with van der Waals surface area (Å²) < 4.78 is 2.18. The zero-order chi connectivity index (χ0) is 20.3. The van der Waals surface area contributed by atoms with Gasteiger partial charge in [-0.25, -0.2) is 0 Å². The molecule has 2 amide bonds. The van der Waals surface area contributed by atoms with Gasteiger partial charge in [0, 0.05) is 54.9 Å². The van der Waals surface area contributed by atoms with E-state index in [2.05, 4.69) is 40.8 Å². The number of rotatable bonds is 5. The Kier molecular flexibility index (Phi) is 6.19. The fourth-order valence-electron chi connectivity index (χ4n) is 3.69. The molecule has 150 valence electrons. The molecule has 0 radical (unpaired) electrons. The fraction of sp³-hybridized carbons (Fsp3) is 0.455. The van der Waals surface area contributed by atoms with Gasteiger partial charge < -0.3 is 14.8 Å². The van der Waals surface area contributed by atoms with Crippen molar-refractivity contribution in [3.05, 3.63) is 53.3 Å². The van der Waals surface area contributed by atoms with Gasteiger partial charge in [0.25, 0.3) is 5.91 Å². The van der Waals surface area contributed by atoms with Crippen molar-refractivity contribution in [2.75, 3.05) is 32.7 Å². The number of benzene rings is 1. The zero-order valence-electron chi connectivity index (χ0n) is 17.2. The maximum atomic E-state index is 12.8. The van der Waals surface area contributed by atoms with Gasteiger partial charge >= 0.3 is 0 Å². The summed E-state index contributed by atoms with van der Waals surface area (Å²) in [6, 6.07) is 12.1. The van der Waals surface area contributed by atoms with E-state index in [-0.39, 0.29) is 17.9 Å². The van der Waals surface area contributed by atoms with Gasteiger partial charge in [0.15, 0.2) is 0 Å². The van der Waals surface area contributed by atoms with Crippen LogP contribution in [0.2, 0.25) is 0 Å². The van der Waals surface area contributed by atoms with Crippen LogP contribution in [0.4, 0.5) is 0 Å². The number of nitrogens with zero attached hydrogens (tertiary/aromatic N) is 3. The fourth-order valence-corrected chi connectivity index (χ4v) is 3.69. The van der Waals surface area contributed by atoms with E-state index < -0.39 is 0 Å². The Morgan fingerprint density at radius 1 is 0.929 bits per heavy atom. The van der Waals surface area contributed by atoms with Crippen LogP contribution in [0.5, 0.6) is 0 Å². The summed E-state index contributed by atoms with van der Waals surface area (Å²) in [7, 11) is 0. The van der Waals surface area contributed by atoms with Crippen LogP contribution in [0.25, 0.3) is 5.69 Å². The summed E-state index contributed by atoms with van der Waals surface area (Å²) in [6.45, 7) is 11.2. The SMILES string of the molecule is Cc1ccc(C)n1-c1ccc(C(=O)N2CCN(CC(=O)NC(C)C)CC2)cc1. The second-order valence-corrected chi connectivity index (χ2v) is 7.79. The molecule has 2 aromatic rings. The van der Waals surface area contributed by atoms with E-state index in [9.17, 15) is 9.59 Å². The normalized spacial score (nSPS) is 15.1. The number of amides is 2. The topological polar surface area (TPSA) is 57.6 Å². The monoisotopic (exact) mass is 382 g/mol. The van der Waals surface area contributed by atoms with E-state index in [0.717, 1.165) is 18.8 Å². The Hall–Kier alpha value is -2.60. The molecular weight excluding hydrogens is 352 g/mol. The van der Waals surface area contributed by atoms with Gasteiger partial charge in [-0.15, -0.1) is 0 Å². The molecule has 0 atom stereocenters. The number of piperazine rings is 1. The number of hydrogen-bond donors (Lipinski definition) is 1. The van der Waals surface area contributed by atoms with E-state index >= 15 is 0 Å². The summed E-state index contributed by atoms with van der Waals surface area (Å²) in [4.78, 5) is 28.7. The zero-order valence-corrected chi connectivity index (χ0v) is 17.2. The highest BCUT2D eigenvalue weighted by atomic mass is 16.2. The van der Waals surface area contributed by atoms with Gasteiger partial charge in [0.1, 0.15) is 0 Å². The second kappa shape index (κ2) is 8.61. The first kappa shape index (κ1) is 20.1. The van der Waals surface area contributed by atoms with Crippen LogP contribution in [0, 0.1) is 13.8 Å². The molecule has 2 heterocycles. The molecule has 0 bridgehead atoms. The highest BCUT2D eigenvalue weighted by molar-refractivity contribution is 5.94. The molecule has 1 aliphatic heterocycles. The lowest BCUT2D eigenvalue weighted by Crippen LogP contribution is -2.51. The van der Waals surface area contributed by atoms with Gasteiger partial charge in [-0.2, -0.15) is 0 Å². The Bertz CT molecular complexity index is 811. The van der Waals surface area contributed by atoms with Crippen molar-refractivity contribution in [1.82, 2.24) is 19.7 Å². The van der Waals surface area contributed by atoms with Gasteiger partial charge in [-0.05, 0) is 64.1 Å². The molecule has 1 saturated heterocycles.